The van der Waals surface area contributed by atoms with Crippen LogP contribution in [-0.2, 0) is 4.74 Å². The maximum Gasteiger partial charge on any atom is 0.410 e. The summed E-state index contributed by atoms with van der Waals surface area (Å²) in [6.45, 7) is 6.41. The van der Waals surface area contributed by atoms with Crippen LogP contribution in [0.15, 0.2) is 12.4 Å². The summed E-state index contributed by atoms with van der Waals surface area (Å²) in [4.78, 5) is 22.7. The molecule has 2 aliphatic rings. The number of amides is 1. The molecule has 1 amide bonds. The Labute approximate surface area is 129 Å². The molecule has 1 aliphatic carbocycles. The summed E-state index contributed by atoms with van der Waals surface area (Å²) in [7, 11) is 0. The van der Waals surface area contributed by atoms with E-state index in [0.29, 0.717) is 16.9 Å². The molecule has 1 saturated heterocycles. The van der Waals surface area contributed by atoms with Crippen LogP contribution in [0.25, 0.3) is 0 Å². The lowest BCUT2D eigenvalue weighted by atomic mass is 9.94. The monoisotopic (exact) mass is 309 g/mol. The third kappa shape index (κ3) is 2.98. The second-order valence-corrected chi connectivity index (χ2v) is 7.32. The number of ether oxygens (including phenoxy) is 1. The highest BCUT2D eigenvalue weighted by atomic mass is 35.5. The summed E-state index contributed by atoms with van der Waals surface area (Å²) in [6.07, 6.45) is 5.00. The number of likely N-dealkylation sites (tertiary alicyclic amines) is 1. The summed E-state index contributed by atoms with van der Waals surface area (Å²) < 4.78 is 5.47. The Balaban J connectivity index is 1.66. The zero-order valence-electron chi connectivity index (χ0n) is 12.5. The predicted molar refractivity (Wildman–Crippen MR) is 79.2 cm³/mol. The number of fused-ring (bicyclic) bond motifs is 2. The molecule has 21 heavy (non-hydrogen) atoms. The van der Waals surface area contributed by atoms with Crippen LogP contribution in [0.3, 0.4) is 0 Å². The minimum absolute atomic E-state index is 0.203. The topological polar surface area (TPSA) is 55.3 Å². The fourth-order valence-electron chi connectivity index (χ4n) is 3.33. The first-order valence-corrected chi connectivity index (χ1v) is 7.68. The van der Waals surface area contributed by atoms with E-state index < -0.39 is 5.60 Å². The predicted octanol–water partition coefficient (Wildman–Crippen LogP) is 3.24. The Kier molecular flexibility index (Phi) is 3.56. The molecule has 0 spiro atoms. The van der Waals surface area contributed by atoms with Crippen molar-refractivity contribution in [3.63, 3.8) is 0 Å². The molecular formula is C15H20ClN3O2. The lowest BCUT2D eigenvalue weighted by molar-refractivity contribution is 0.0179. The first kappa shape index (κ1) is 14.6. The van der Waals surface area contributed by atoms with Gasteiger partial charge in [0.25, 0.3) is 0 Å². The molecule has 1 aliphatic heterocycles. The largest absolute Gasteiger partial charge is 0.444 e. The standard InChI is InChI=1S/C15H20ClN3O2/c1-15(2,3)21-14(20)19-8-9-4-11(19)5-12(9)13-17-6-10(16)7-18-13/h6-7,9,11-12H,4-5,8H2,1-3H3. The molecule has 0 N–H and O–H groups in total. The molecule has 1 saturated carbocycles. The normalized spacial score (nSPS) is 28.0. The van der Waals surface area contributed by atoms with Crippen LogP contribution in [0.2, 0.25) is 5.02 Å². The Morgan fingerprint density at radius 1 is 1.33 bits per heavy atom. The first-order chi connectivity index (χ1) is 9.83. The number of halogens is 1. The van der Waals surface area contributed by atoms with Crippen LogP contribution in [0.1, 0.15) is 45.4 Å². The smallest absolute Gasteiger partial charge is 0.410 e. The molecule has 6 heteroatoms. The second kappa shape index (κ2) is 5.13. The van der Waals surface area contributed by atoms with Gasteiger partial charge in [0.2, 0.25) is 0 Å². The van der Waals surface area contributed by atoms with Gasteiger partial charge < -0.3 is 9.64 Å². The summed E-state index contributed by atoms with van der Waals surface area (Å²) >= 11 is 5.83. The summed E-state index contributed by atoms with van der Waals surface area (Å²) in [5, 5.41) is 0.553. The van der Waals surface area contributed by atoms with Gasteiger partial charge in [0.15, 0.2) is 0 Å². The molecule has 5 nitrogen and oxygen atoms in total. The number of hydrogen-bond donors (Lipinski definition) is 0. The summed E-state index contributed by atoms with van der Waals surface area (Å²) in [6, 6.07) is 0.245. The lowest BCUT2D eigenvalue weighted by Crippen LogP contribution is -2.42. The average molecular weight is 310 g/mol. The number of piperidine rings is 1. The highest BCUT2D eigenvalue weighted by Crippen LogP contribution is 2.46. The van der Waals surface area contributed by atoms with Gasteiger partial charge in [-0.3, -0.25) is 0 Å². The van der Waals surface area contributed by atoms with Crippen molar-refractivity contribution in [1.82, 2.24) is 14.9 Å². The lowest BCUT2D eigenvalue weighted by Gasteiger charge is -2.32. The molecular weight excluding hydrogens is 290 g/mol. The highest BCUT2D eigenvalue weighted by molar-refractivity contribution is 6.30. The van der Waals surface area contributed by atoms with E-state index in [0.717, 1.165) is 25.2 Å². The van der Waals surface area contributed by atoms with Gasteiger partial charge in [-0.05, 0) is 39.5 Å². The van der Waals surface area contributed by atoms with E-state index in [1.54, 1.807) is 12.4 Å². The molecule has 0 aromatic carbocycles. The summed E-state index contributed by atoms with van der Waals surface area (Å²) in [5.41, 5.74) is -0.447. The van der Waals surface area contributed by atoms with Crippen molar-refractivity contribution in [2.24, 2.45) is 5.92 Å². The van der Waals surface area contributed by atoms with Gasteiger partial charge in [0.1, 0.15) is 11.4 Å². The molecule has 1 aromatic rings. The Morgan fingerprint density at radius 3 is 2.52 bits per heavy atom. The van der Waals surface area contributed by atoms with E-state index in [9.17, 15) is 4.79 Å². The van der Waals surface area contributed by atoms with Gasteiger partial charge in [-0.2, -0.15) is 0 Å². The molecule has 0 radical (unpaired) electrons. The number of carbonyl (C=O) groups excluding carboxylic acids is 1. The molecule has 1 aromatic heterocycles. The maximum absolute atomic E-state index is 12.2. The van der Waals surface area contributed by atoms with Crippen molar-refractivity contribution < 1.29 is 9.53 Å². The van der Waals surface area contributed by atoms with E-state index in [2.05, 4.69) is 9.97 Å². The third-order valence-corrected chi connectivity index (χ3v) is 4.34. The number of aromatic nitrogens is 2. The van der Waals surface area contributed by atoms with Crippen molar-refractivity contribution in [2.45, 2.75) is 51.2 Å². The van der Waals surface area contributed by atoms with Crippen LogP contribution in [0.4, 0.5) is 4.79 Å². The number of hydrogen-bond acceptors (Lipinski definition) is 4. The minimum atomic E-state index is -0.447. The van der Waals surface area contributed by atoms with Crippen molar-refractivity contribution in [2.75, 3.05) is 6.54 Å². The fraction of sp³-hybridized carbons (Fsp3) is 0.667. The van der Waals surface area contributed by atoms with Gasteiger partial charge in [0, 0.05) is 30.9 Å². The fourth-order valence-corrected chi connectivity index (χ4v) is 3.43. The second-order valence-electron chi connectivity index (χ2n) is 6.88. The molecule has 3 atom stereocenters. The van der Waals surface area contributed by atoms with E-state index >= 15 is 0 Å². The van der Waals surface area contributed by atoms with Crippen LogP contribution >= 0.6 is 11.6 Å². The Morgan fingerprint density at radius 2 is 2.00 bits per heavy atom. The summed E-state index contributed by atoms with van der Waals surface area (Å²) in [5.74, 6) is 1.59. The van der Waals surface area contributed by atoms with E-state index in [1.807, 2.05) is 25.7 Å². The van der Waals surface area contributed by atoms with Gasteiger partial charge in [0.05, 0.1) is 5.02 Å². The quantitative estimate of drug-likeness (QED) is 0.799. The third-order valence-electron chi connectivity index (χ3n) is 4.14. The van der Waals surface area contributed by atoms with Gasteiger partial charge >= 0.3 is 6.09 Å². The van der Waals surface area contributed by atoms with E-state index in [1.165, 1.54) is 0 Å². The van der Waals surface area contributed by atoms with E-state index in [4.69, 9.17) is 16.3 Å². The highest BCUT2D eigenvalue weighted by Gasteiger charge is 2.48. The van der Waals surface area contributed by atoms with Gasteiger partial charge in [-0.25, -0.2) is 14.8 Å². The SMILES string of the molecule is CC(C)(C)OC(=O)N1CC2CC1CC2c1ncc(Cl)cn1. The van der Waals surface area contributed by atoms with Crippen LogP contribution in [-0.4, -0.2) is 39.1 Å². The zero-order chi connectivity index (χ0) is 15.2. The van der Waals surface area contributed by atoms with Crippen LogP contribution < -0.4 is 0 Å². The zero-order valence-corrected chi connectivity index (χ0v) is 13.3. The van der Waals surface area contributed by atoms with Crippen molar-refractivity contribution in [1.29, 1.82) is 0 Å². The van der Waals surface area contributed by atoms with E-state index in [-0.39, 0.29) is 12.1 Å². The molecule has 2 fully saturated rings. The molecule has 114 valence electrons. The van der Waals surface area contributed by atoms with Gasteiger partial charge in [-0.1, -0.05) is 11.6 Å². The molecule has 2 bridgehead atoms. The van der Waals surface area contributed by atoms with Crippen LogP contribution in [0, 0.1) is 5.92 Å². The molecule has 2 heterocycles. The number of carbonyl (C=O) groups is 1. The minimum Gasteiger partial charge on any atom is -0.444 e. The number of rotatable bonds is 1. The maximum atomic E-state index is 12.2. The first-order valence-electron chi connectivity index (χ1n) is 7.30. The molecule has 3 rings (SSSR count). The van der Waals surface area contributed by atoms with Crippen molar-refractivity contribution in [3.05, 3.63) is 23.2 Å². The van der Waals surface area contributed by atoms with Crippen molar-refractivity contribution >= 4 is 17.7 Å². The molecule has 3 unspecified atom stereocenters. The Bertz CT molecular complexity index is 541. The van der Waals surface area contributed by atoms with Gasteiger partial charge in [-0.15, -0.1) is 0 Å². The number of nitrogens with zero attached hydrogens (tertiary/aromatic N) is 3. The van der Waals surface area contributed by atoms with Crippen LogP contribution in [0.5, 0.6) is 0 Å². The average Bonchev–Trinajstić information content (AvgIpc) is 2.97. The Hall–Kier alpha value is -1.36. The van der Waals surface area contributed by atoms with Crippen molar-refractivity contribution in [3.8, 4) is 0 Å².